The van der Waals surface area contributed by atoms with Crippen LogP contribution in [0.3, 0.4) is 0 Å². The molecule has 0 atom stereocenters. The third-order valence-corrected chi connectivity index (χ3v) is 2.39. The number of rotatable bonds is 3. The maximum absolute atomic E-state index is 12.5. The molecule has 0 unspecified atom stereocenters. The highest BCUT2D eigenvalue weighted by Crippen LogP contribution is 2.28. The minimum atomic E-state index is -0.756. The average Bonchev–Trinajstić information content (AvgIpc) is 2.16. The van der Waals surface area contributed by atoms with Gasteiger partial charge in [-0.05, 0) is 12.1 Å². The summed E-state index contributed by atoms with van der Waals surface area (Å²) in [7, 11) is 0. The summed E-state index contributed by atoms with van der Waals surface area (Å²) in [6.07, 6.45) is -0.0111. The predicted molar refractivity (Wildman–Crippen MR) is 51.6 cm³/mol. The second-order valence-electron chi connectivity index (χ2n) is 3.56. The summed E-state index contributed by atoms with van der Waals surface area (Å²) in [4.78, 5) is 9.89. The Bertz CT molecular complexity index is 359. The second-order valence-corrected chi connectivity index (χ2v) is 3.56. The molecule has 5 heteroatoms. The van der Waals surface area contributed by atoms with E-state index in [1.807, 2.05) is 0 Å². The van der Waals surface area contributed by atoms with Crippen molar-refractivity contribution in [2.75, 3.05) is 0 Å². The van der Waals surface area contributed by atoms with Gasteiger partial charge in [0.2, 0.25) is 0 Å². The van der Waals surface area contributed by atoms with Gasteiger partial charge in [-0.25, -0.2) is 4.39 Å². The first-order chi connectivity index (χ1) is 7.15. The van der Waals surface area contributed by atoms with Crippen LogP contribution in [-0.4, -0.2) is 17.2 Å². The SMILES string of the molecule is O=[N+]([O-])c1ccc(OC2CC(F)C2)cc1. The van der Waals surface area contributed by atoms with E-state index in [1.165, 1.54) is 24.3 Å². The van der Waals surface area contributed by atoms with Gasteiger partial charge in [-0.3, -0.25) is 10.1 Å². The number of ether oxygens (including phenoxy) is 1. The number of nitro groups is 1. The minimum Gasteiger partial charge on any atom is -0.490 e. The van der Waals surface area contributed by atoms with Crippen molar-refractivity contribution in [2.45, 2.75) is 25.1 Å². The molecular formula is C10H10FNO3. The van der Waals surface area contributed by atoms with Gasteiger partial charge in [0.05, 0.1) is 4.92 Å². The Morgan fingerprint density at radius 1 is 1.33 bits per heavy atom. The van der Waals surface area contributed by atoms with E-state index < -0.39 is 11.1 Å². The van der Waals surface area contributed by atoms with Crippen molar-refractivity contribution in [3.8, 4) is 5.75 Å². The summed E-state index contributed by atoms with van der Waals surface area (Å²) in [5.74, 6) is 0.553. The molecule has 1 aliphatic rings. The molecule has 1 aliphatic carbocycles. The molecule has 2 rings (SSSR count). The lowest BCUT2D eigenvalue weighted by molar-refractivity contribution is -0.384. The lowest BCUT2D eigenvalue weighted by atomic mass is 9.94. The maximum Gasteiger partial charge on any atom is 0.269 e. The van der Waals surface area contributed by atoms with Crippen molar-refractivity contribution in [2.24, 2.45) is 0 Å². The first-order valence-corrected chi connectivity index (χ1v) is 4.70. The van der Waals surface area contributed by atoms with E-state index in [1.54, 1.807) is 0 Å². The fourth-order valence-electron chi connectivity index (χ4n) is 1.44. The van der Waals surface area contributed by atoms with Crippen LogP contribution in [0.15, 0.2) is 24.3 Å². The van der Waals surface area contributed by atoms with Crippen LogP contribution in [0.4, 0.5) is 10.1 Å². The van der Waals surface area contributed by atoms with E-state index in [2.05, 4.69) is 0 Å². The highest BCUT2D eigenvalue weighted by atomic mass is 19.1. The van der Waals surface area contributed by atoms with Crippen molar-refractivity contribution in [3.63, 3.8) is 0 Å². The van der Waals surface area contributed by atoms with Crippen LogP contribution in [0.5, 0.6) is 5.75 Å². The largest absolute Gasteiger partial charge is 0.490 e. The molecule has 1 aromatic rings. The molecule has 0 heterocycles. The van der Waals surface area contributed by atoms with E-state index in [4.69, 9.17) is 4.74 Å². The molecule has 0 aromatic heterocycles. The summed E-state index contributed by atoms with van der Waals surface area (Å²) < 4.78 is 17.9. The second kappa shape index (κ2) is 3.84. The van der Waals surface area contributed by atoms with Crippen LogP contribution >= 0.6 is 0 Å². The van der Waals surface area contributed by atoms with Crippen molar-refractivity contribution >= 4 is 5.69 Å². The van der Waals surface area contributed by atoms with Crippen LogP contribution < -0.4 is 4.74 Å². The minimum absolute atomic E-state index is 0.0272. The predicted octanol–water partition coefficient (Wildman–Crippen LogP) is 2.47. The van der Waals surface area contributed by atoms with E-state index in [0.717, 1.165) is 0 Å². The lowest BCUT2D eigenvalue weighted by Crippen LogP contribution is -2.34. The van der Waals surface area contributed by atoms with E-state index in [-0.39, 0.29) is 11.8 Å². The molecule has 0 radical (unpaired) electrons. The van der Waals surface area contributed by atoms with Gasteiger partial charge in [-0.1, -0.05) is 0 Å². The van der Waals surface area contributed by atoms with E-state index in [9.17, 15) is 14.5 Å². The fourth-order valence-corrected chi connectivity index (χ4v) is 1.44. The zero-order valence-electron chi connectivity index (χ0n) is 7.93. The van der Waals surface area contributed by atoms with Crippen LogP contribution in [0.2, 0.25) is 0 Å². The normalized spacial score (nSPS) is 24.3. The number of alkyl halides is 1. The van der Waals surface area contributed by atoms with Crippen molar-refractivity contribution in [3.05, 3.63) is 34.4 Å². The van der Waals surface area contributed by atoms with E-state index >= 15 is 0 Å². The van der Waals surface area contributed by atoms with Gasteiger partial charge in [0.15, 0.2) is 0 Å². The third-order valence-electron chi connectivity index (χ3n) is 2.39. The molecule has 1 saturated carbocycles. The van der Waals surface area contributed by atoms with Gasteiger partial charge in [-0.2, -0.15) is 0 Å². The number of benzene rings is 1. The molecular weight excluding hydrogens is 201 g/mol. The number of halogens is 1. The van der Waals surface area contributed by atoms with Gasteiger partial charge >= 0.3 is 0 Å². The Kier molecular flexibility index (Phi) is 2.53. The molecule has 0 bridgehead atoms. The van der Waals surface area contributed by atoms with Gasteiger partial charge in [0, 0.05) is 25.0 Å². The van der Waals surface area contributed by atoms with Gasteiger partial charge < -0.3 is 4.74 Å². The molecule has 1 aromatic carbocycles. The van der Waals surface area contributed by atoms with Crippen LogP contribution in [-0.2, 0) is 0 Å². The van der Waals surface area contributed by atoms with Crippen molar-refractivity contribution < 1.29 is 14.1 Å². The lowest BCUT2D eigenvalue weighted by Gasteiger charge is -2.29. The Morgan fingerprint density at radius 2 is 1.93 bits per heavy atom. The Morgan fingerprint density at radius 3 is 2.40 bits per heavy atom. The molecule has 0 spiro atoms. The number of nitro benzene ring substituents is 1. The number of hydrogen-bond donors (Lipinski definition) is 0. The molecule has 0 aliphatic heterocycles. The average molecular weight is 211 g/mol. The third kappa shape index (κ3) is 2.23. The highest BCUT2D eigenvalue weighted by Gasteiger charge is 2.30. The van der Waals surface area contributed by atoms with Crippen molar-refractivity contribution in [1.82, 2.24) is 0 Å². The van der Waals surface area contributed by atoms with Crippen LogP contribution in [0.1, 0.15) is 12.8 Å². The number of nitrogens with zero attached hydrogens (tertiary/aromatic N) is 1. The summed E-state index contributed by atoms with van der Waals surface area (Å²) in [6, 6.07) is 5.81. The molecule has 0 N–H and O–H groups in total. The summed E-state index contributed by atoms with van der Waals surface area (Å²) in [5.41, 5.74) is 0.0272. The van der Waals surface area contributed by atoms with Gasteiger partial charge in [0.25, 0.3) is 5.69 Å². The van der Waals surface area contributed by atoms with Gasteiger partial charge in [0.1, 0.15) is 18.0 Å². The first-order valence-electron chi connectivity index (χ1n) is 4.70. The molecule has 1 fully saturated rings. The Balaban J connectivity index is 1.95. The monoisotopic (exact) mass is 211 g/mol. The standard InChI is InChI=1S/C10H10FNO3/c11-7-5-10(6-7)15-9-3-1-8(2-4-9)12(13)14/h1-4,7,10H,5-6H2. The van der Waals surface area contributed by atoms with Crippen molar-refractivity contribution in [1.29, 1.82) is 0 Å². The van der Waals surface area contributed by atoms with Gasteiger partial charge in [-0.15, -0.1) is 0 Å². The zero-order chi connectivity index (χ0) is 10.8. The molecule has 15 heavy (non-hydrogen) atoms. The summed E-state index contributed by atoms with van der Waals surface area (Å²) in [6.45, 7) is 0. The fraction of sp³-hybridized carbons (Fsp3) is 0.400. The highest BCUT2D eigenvalue weighted by molar-refractivity contribution is 5.36. The van der Waals surface area contributed by atoms with E-state index in [0.29, 0.717) is 18.6 Å². The summed E-state index contributed by atoms with van der Waals surface area (Å²) >= 11 is 0. The molecule has 4 nitrogen and oxygen atoms in total. The Hall–Kier alpha value is -1.65. The maximum atomic E-state index is 12.5. The number of non-ortho nitro benzene ring substituents is 1. The number of hydrogen-bond acceptors (Lipinski definition) is 3. The van der Waals surface area contributed by atoms with Crippen LogP contribution in [0, 0.1) is 10.1 Å². The van der Waals surface area contributed by atoms with Crippen LogP contribution in [0.25, 0.3) is 0 Å². The molecule has 0 amide bonds. The first kappa shape index (κ1) is 9.89. The zero-order valence-corrected chi connectivity index (χ0v) is 7.93. The topological polar surface area (TPSA) is 52.4 Å². The Labute approximate surface area is 85.8 Å². The molecule has 80 valence electrons. The summed E-state index contributed by atoms with van der Waals surface area (Å²) in [5, 5.41) is 10.4. The molecule has 0 saturated heterocycles. The quantitative estimate of drug-likeness (QED) is 0.570. The smallest absolute Gasteiger partial charge is 0.269 e.